The Bertz CT molecular complexity index is 1450. The zero-order chi connectivity index (χ0) is 27.3. The topological polar surface area (TPSA) is 74.5 Å². The first kappa shape index (κ1) is 26.7. The number of nitrogens with zero attached hydrogens (tertiary/aromatic N) is 4. The smallest absolute Gasteiger partial charge is 0.241 e. The van der Waals surface area contributed by atoms with Gasteiger partial charge in [0.05, 0.1) is 12.5 Å². The van der Waals surface area contributed by atoms with E-state index in [9.17, 15) is 4.79 Å². The molecular formula is C32H34ClN5O2. The maximum atomic E-state index is 13.0. The maximum absolute atomic E-state index is 13.0. The summed E-state index contributed by atoms with van der Waals surface area (Å²) in [7, 11) is 0. The number of aromatic nitrogens is 2. The van der Waals surface area contributed by atoms with Crippen LogP contribution in [-0.4, -0.2) is 45.5 Å². The van der Waals surface area contributed by atoms with Crippen LogP contribution in [0.25, 0.3) is 11.4 Å². The van der Waals surface area contributed by atoms with E-state index in [1.165, 1.54) is 16.7 Å². The van der Waals surface area contributed by atoms with Gasteiger partial charge in [-0.3, -0.25) is 14.6 Å². The number of carbonyl (C=O) groups excluding carboxylic acids is 1. The van der Waals surface area contributed by atoms with Crippen molar-refractivity contribution >= 4 is 17.5 Å². The summed E-state index contributed by atoms with van der Waals surface area (Å²) in [5, 5.41) is 7.89. The van der Waals surface area contributed by atoms with E-state index in [0.717, 1.165) is 56.6 Å². The highest BCUT2D eigenvalue weighted by atomic mass is 35.5. The Morgan fingerprint density at radius 3 is 2.62 bits per heavy atom. The molecule has 1 N–H and O–H groups in total. The molecule has 3 heterocycles. The molecule has 0 radical (unpaired) electrons. The number of hydrogen-bond acceptors (Lipinski definition) is 6. The molecule has 0 bridgehead atoms. The number of nitrogens with one attached hydrogen (secondary N) is 1. The van der Waals surface area contributed by atoms with Gasteiger partial charge in [-0.15, -0.1) is 0 Å². The standard InChI is InChI=1S/C32H34ClN5O2/c33-29-9-3-7-26(17-29)31-35-30(40-36-31)22-37-15-4-8-28(21-37)32(39)34-18-23-10-12-24(13-11-23)19-38-16-14-25-5-1-2-6-27(25)20-38/h1-3,5-7,9-13,17,28H,4,8,14-16,18-22H2,(H,34,39). The maximum Gasteiger partial charge on any atom is 0.241 e. The molecule has 1 fully saturated rings. The summed E-state index contributed by atoms with van der Waals surface area (Å²) in [5.41, 5.74) is 6.16. The Balaban J connectivity index is 0.969. The predicted molar refractivity (Wildman–Crippen MR) is 155 cm³/mol. The lowest BCUT2D eigenvalue weighted by Gasteiger charge is -2.30. The molecule has 4 aromatic rings. The van der Waals surface area contributed by atoms with Crippen molar-refractivity contribution in [1.82, 2.24) is 25.3 Å². The van der Waals surface area contributed by atoms with Crippen molar-refractivity contribution in [2.24, 2.45) is 5.92 Å². The summed E-state index contributed by atoms with van der Waals surface area (Å²) in [6.45, 7) is 5.69. The van der Waals surface area contributed by atoms with Gasteiger partial charge >= 0.3 is 0 Å². The van der Waals surface area contributed by atoms with Crippen LogP contribution in [0, 0.1) is 5.92 Å². The second kappa shape index (κ2) is 12.3. The Kier molecular flexibility index (Phi) is 8.23. The highest BCUT2D eigenvalue weighted by Gasteiger charge is 2.27. The van der Waals surface area contributed by atoms with Gasteiger partial charge in [0.1, 0.15) is 0 Å². The van der Waals surface area contributed by atoms with Crippen molar-refractivity contribution in [1.29, 1.82) is 0 Å². The van der Waals surface area contributed by atoms with Crippen LogP contribution in [0.5, 0.6) is 0 Å². The molecular weight excluding hydrogens is 522 g/mol. The van der Waals surface area contributed by atoms with Gasteiger partial charge < -0.3 is 9.84 Å². The van der Waals surface area contributed by atoms with Gasteiger partial charge in [-0.2, -0.15) is 4.98 Å². The average Bonchev–Trinajstić information content (AvgIpc) is 3.45. The van der Waals surface area contributed by atoms with E-state index in [4.69, 9.17) is 16.1 Å². The van der Waals surface area contributed by atoms with Crippen molar-refractivity contribution in [2.75, 3.05) is 19.6 Å². The van der Waals surface area contributed by atoms with Crippen molar-refractivity contribution in [3.63, 3.8) is 0 Å². The van der Waals surface area contributed by atoms with E-state index in [2.05, 4.69) is 73.8 Å². The van der Waals surface area contributed by atoms with Gasteiger partial charge in [0, 0.05) is 43.3 Å². The fourth-order valence-corrected chi connectivity index (χ4v) is 5.90. The first-order valence-corrected chi connectivity index (χ1v) is 14.4. The Hall–Kier alpha value is -3.52. The number of amides is 1. The Labute approximate surface area is 240 Å². The molecule has 2 aliphatic heterocycles. The van der Waals surface area contributed by atoms with Gasteiger partial charge in [-0.1, -0.05) is 77.4 Å². The molecule has 0 aliphatic carbocycles. The molecule has 1 aromatic heterocycles. The highest BCUT2D eigenvalue weighted by molar-refractivity contribution is 6.30. The van der Waals surface area contributed by atoms with Gasteiger partial charge in [0.2, 0.25) is 17.6 Å². The summed E-state index contributed by atoms with van der Waals surface area (Å²) in [6, 6.07) is 24.8. The van der Waals surface area contributed by atoms with Gasteiger partial charge in [-0.25, -0.2) is 0 Å². The van der Waals surface area contributed by atoms with Crippen LogP contribution in [-0.2, 0) is 37.4 Å². The fourth-order valence-electron chi connectivity index (χ4n) is 5.71. The molecule has 1 atom stereocenters. The van der Waals surface area contributed by atoms with Crippen LogP contribution < -0.4 is 5.32 Å². The predicted octanol–water partition coefficient (Wildman–Crippen LogP) is 5.48. The minimum absolute atomic E-state index is 0.0506. The molecule has 40 heavy (non-hydrogen) atoms. The first-order chi connectivity index (χ1) is 19.6. The van der Waals surface area contributed by atoms with E-state index in [-0.39, 0.29) is 11.8 Å². The second-order valence-electron chi connectivity index (χ2n) is 10.9. The Morgan fingerprint density at radius 2 is 1.77 bits per heavy atom. The molecule has 3 aromatic carbocycles. The van der Waals surface area contributed by atoms with Gasteiger partial charge in [0.15, 0.2) is 0 Å². The Morgan fingerprint density at radius 1 is 0.950 bits per heavy atom. The third-order valence-corrected chi connectivity index (χ3v) is 8.13. The van der Waals surface area contributed by atoms with Crippen LogP contribution >= 0.6 is 11.6 Å². The zero-order valence-corrected chi connectivity index (χ0v) is 23.3. The molecule has 1 unspecified atom stereocenters. The largest absolute Gasteiger partial charge is 0.352 e. The van der Waals surface area contributed by atoms with Crippen molar-refractivity contribution < 1.29 is 9.32 Å². The highest BCUT2D eigenvalue weighted by Crippen LogP contribution is 2.23. The quantitative estimate of drug-likeness (QED) is 0.310. The van der Waals surface area contributed by atoms with Crippen LogP contribution in [0.1, 0.15) is 41.0 Å². The van der Waals surface area contributed by atoms with Crippen LogP contribution in [0.3, 0.4) is 0 Å². The van der Waals surface area contributed by atoms with Crippen LogP contribution in [0.15, 0.2) is 77.3 Å². The average molecular weight is 556 g/mol. The van der Waals surface area contributed by atoms with Gasteiger partial charge in [0.25, 0.3) is 0 Å². The summed E-state index contributed by atoms with van der Waals surface area (Å²) in [6.07, 6.45) is 2.96. The third-order valence-electron chi connectivity index (χ3n) is 7.89. The summed E-state index contributed by atoms with van der Waals surface area (Å²) in [4.78, 5) is 22.3. The van der Waals surface area contributed by atoms with Crippen molar-refractivity contribution in [2.45, 2.75) is 45.4 Å². The molecule has 8 heteroatoms. The number of halogens is 1. The molecule has 1 amide bonds. The van der Waals surface area contributed by atoms with E-state index >= 15 is 0 Å². The molecule has 0 saturated carbocycles. The summed E-state index contributed by atoms with van der Waals surface area (Å²) >= 11 is 6.09. The lowest BCUT2D eigenvalue weighted by molar-refractivity contribution is -0.127. The van der Waals surface area contributed by atoms with Crippen molar-refractivity contribution in [3.05, 3.63) is 106 Å². The number of hydrogen-bond donors (Lipinski definition) is 1. The second-order valence-corrected chi connectivity index (χ2v) is 11.3. The molecule has 6 rings (SSSR count). The number of benzene rings is 3. The van der Waals surface area contributed by atoms with E-state index in [0.29, 0.717) is 36.4 Å². The third kappa shape index (κ3) is 6.61. The number of carbonyl (C=O) groups is 1. The van der Waals surface area contributed by atoms with E-state index < -0.39 is 0 Å². The number of fused-ring (bicyclic) bond motifs is 1. The lowest BCUT2D eigenvalue weighted by Crippen LogP contribution is -2.42. The minimum atomic E-state index is -0.0506. The monoisotopic (exact) mass is 555 g/mol. The zero-order valence-electron chi connectivity index (χ0n) is 22.6. The number of rotatable bonds is 8. The first-order valence-electron chi connectivity index (χ1n) is 14.0. The van der Waals surface area contributed by atoms with E-state index in [1.54, 1.807) is 0 Å². The number of likely N-dealkylation sites (tertiary alicyclic amines) is 1. The number of piperidine rings is 1. The van der Waals surface area contributed by atoms with Crippen LogP contribution in [0.4, 0.5) is 0 Å². The van der Waals surface area contributed by atoms with Gasteiger partial charge in [-0.05, 0) is 60.2 Å². The normalized spacial score (nSPS) is 17.9. The molecule has 7 nitrogen and oxygen atoms in total. The van der Waals surface area contributed by atoms with Crippen molar-refractivity contribution in [3.8, 4) is 11.4 Å². The van der Waals surface area contributed by atoms with Crippen LogP contribution in [0.2, 0.25) is 5.02 Å². The molecule has 1 saturated heterocycles. The lowest BCUT2D eigenvalue weighted by atomic mass is 9.97. The summed E-state index contributed by atoms with van der Waals surface area (Å²) < 4.78 is 5.49. The fraction of sp³-hybridized carbons (Fsp3) is 0.344. The SMILES string of the molecule is O=C(NCc1ccc(CN2CCc3ccccc3C2)cc1)C1CCCN(Cc2nc(-c3cccc(Cl)c3)no2)C1. The van der Waals surface area contributed by atoms with E-state index in [1.807, 2.05) is 24.3 Å². The molecule has 0 spiro atoms. The minimum Gasteiger partial charge on any atom is -0.352 e. The molecule has 206 valence electrons. The summed E-state index contributed by atoms with van der Waals surface area (Å²) in [5.74, 6) is 1.12. The molecule has 2 aliphatic rings.